The van der Waals surface area contributed by atoms with Gasteiger partial charge in [-0.1, -0.05) is 36.0 Å². The van der Waals surface area contributed by atoms with Gasteiger partial charge in [0.2, 0.25) is 11.6 Å². The molecule has 0 radical (unpaired) electrons. The van der Waals surface area contributed by atoms with E-state index in [4.69, 9.17) is 4.74 Å². The monoisotopic (exact) mass is 395 g/mol. The molecule has 5 nitrogen and oxygen atoms in total. The number of fused-ring (bicyclic) bond motifs is 1. The molecule has 0 aliphatic carbocycles. The third kappa shape index (κ3) is 4.70. The Labute approximate surface area is 168 Å². The van der Waals surface area contributed by atoms with E-state index in [0.29, 0.717) is 28.5 Å². The number of ketones is 3. The number of allylic oxidation sites excluding steroid dienone is 2. The van der Waals surface area contributed by atoms with Crippen LogP contribution >= 0.6 is 11.8 Å². The standard InChI is InChI=1S/C22H21NO4S/c1-3-27-16-10-8-15(9-11-16)12-18(24)19(25)13-20(26)22-14(2)23-17-6-4-5-7-21(17)28-22/h4-11,23H,3,12-13H2,1-2H3. The van der Waals surface area contributed by atoms with E-state index in [9.17, 15) is 14.4 Å². The molecule has 3 rings (SSSR count). The molecule has 1 aliphatic heterocycles. The van der Waals surface area contributed by atoms with Crippen molar-refractivity contribution in [2.24, 2.45) is 0 Å². The van der Waals surface area contributed by atoms with Gasteiger partial charge in [-0.25, -0.2) is 0 Å². The molecule has 0 spiro atoms. The number of Topliss-reactive ketones (excluding diaryl/α,β-unsaturated/α-hetero) is 3. The Morgan fingerprint density at radius 3 is 2.43 bits per heavy atom. The molecule has 0 amide bonds. The molecular formula is C22H21NO4S. The average molecular weight is 395 g/mol. The Bertz CT molecular complexity index is 947. The number of para-hydroxylation sites is 1. The summed E-state index contributed by atoms with van der Waals surface area (Å²) in [5, 5.41) is 3.18. The molecule has 2 aromatic carbocycles. The second kappa shape index (κ2) is 8.89. The molecule has 0 aromatic heterocycles. The van der Waals surface area contributed by atoms with Gasteiger partial charge in [-0.05, 0) is 43.7 Å². The topological polar surface area (TPSA) is 72.5 Å². The zero-order chi connectivity index (χ0) is 20.1. The van der Waals surface area contributed by atoms with Crippen LogP contribution in [0.15, 0.2) is 64.0 Å². The average Bonchev–Trinajstić information content (AvgIpc) is 2.69. The number of carbonyl (C=O) groups excluding carboxylic acids is 3. The number of hydrogen-bond acceptors (Lipinski definition) is 6. The van der Waals surface area contributed by atoms with Gasteiger partial charge >= 0.3 is 0 Å². The molecule has 1 heterocycles. The van der Waals surface area contributed by atoms with E-state index in [-0.39, 0.29) is 12.2 Å². The lowest BCUT2D eigenvalue weighted by Gasteiger charge is -2.21. The van der Waals surface area contributed by atoms with Gasteiger partial charge in [-0.15, -0.1) is 0 Å². The van der Waals surface area contributed by atoms with Crippen LogP contribution < -0.4 is 10.1 Å². The second-order valence-corrected chi connectivity index (χ2v) is 7.43. The minimum Gasteiger partial charge on any atom is -0.494 e. The first kappa shape index (κ1) is 19.9. The second-order valence-electron chi connectivity index (χ2n) is 6.38. The summed E-state index contributed by atoms with van der Waals surface area (Å²) in [5.41, 5.74) is 2.34. The van der Waals surface area contributed by atoms with Crippen LogP contribution in [0.5, 0.6) is 5.75 Å². The van der Waals surface area contributed by atoms with Crippen LogP contribution in [0.1, 0.15) is 25.8 Å². The molecule has 1 N–H and O–H groups in total. The summed E-state index contributed by atoms with van der Waals surface area (Å²) in [6.07, 6.45) is -0.440. The predicted octanol–water partition coefficient (Wildman–Crippen LogP) is 4.17. The fourth-order valence-corrected chi connectivity index (χ4v) is 3.83. The van der Waals surface area contributed by atoms with Crippen LogP contribution in [0.2, 0.25) is 0 Å². The summed E-state index contributed by atoms with van der Waals surface area (Å²) in [7, 11) is 0. The Morgan fingerprint density at radius 1 is 1.00 bits per heavy atom. The summed E-state index contributed by atoms with van der Waals surface area (Å²) >= 11 is 1.33. The number of ether oxygens (including phenoxy) is 1. The van der Waals surface area contributed by atoms with Gasteiger partial charge in [0.1, 0.15) is 5.75 Å². The zero-order valence-electron chi connectivity index (χ0n) is 15.8. The van der Waals surface area contributed by atoms with Crippen molar-refractivity contribution in [1.29, 1.82) is 0 Å². The number of anilines is 1. The molecule has 28 heavy (non-hydrogen) atoms. The Morgan fingerprint density at radius 2 is 1.71 bits per heavy atom. The van der Waals surface area contributed by atoms with Gasteiger partial charge in [0, 0.05) is 17.0 Å². The molecule has 1 aliphatic rings. The first-order valence-corrected chi connectivity index (χ1v) is 9.85. The van der Waals surface area contributed by atoms with Crippen molar-refractivity contribution >= 4 is 34.8 Å². The summed E-state index contributed by atoms with van der Waals surface area (Å²) < 4.78 is 5.36. The van der Waals surface area contributed by atoms with Gasteiger partial charge in [0.25, 0.3) is 0 Å². The molecule has 0 fully saturated rings. The molecule has 6 heteroatoms. The van der Waals surface area contributed by atoms with E-state index in [1.54, 1.807) is 31.2 Å². The van der Waals surface area contributed by atoms with Crippen molar-refractivity contribution in [3.8, 4) is 5.75 Å². The highest BCUT2D eigenvalue weighted by Crippen LogP contribution is 2.40. The van der Waals surface area contributed by atoms with Gasteiger partial charge in [-0.2, -0.15) is 0 Å². The number of rotatable bonds is 8. The number of benzene rings is 2. The highest BCUT2D eigenvalue weighted by atomic mass is 32.2. The maximum atomic E-state index is 12.6. The van der Waals surface area contributed by atoms with Gasteiger partial charge in [0.05, 0.1) is 23.6 Å². The van der Waals surface area contributed by atoms with E-state index < -0.39 is 18.0 Å². The van der Waals surface area contributed by atoms with E-state index in [0.717, 1.165) is 10.6 Å². The highest BCUT2D eigenvalue weighted by molar-refractivity contribution is 8.04. The van der Waals surface area contributed by atoms with E-state index in [1.807, 2.05) is 31.2 Å². The maximum Gasteiger partial charge on any atom is 0.206 e. The molecule has 0 atom stereocenters. The number of carbonyl (C=O) groups is 3. The Hall–Kier alpha value is -2.86. The third-order valence-corrected chi connectivity index (χ3v) is 5.56. The highest BCUT2D eigenvalue weighted by Gasteiger charge is 2.25. The number of hydrogen-bond donors (Lipinski definition) is 1. The van der Waals surface area contributed by atoms with Crippen molar-refractivity contribution in [3.63, 3.8) is 0 Å². The smallest absolute Gasteiger partial charge is 0.206 e. The molecule has 144 valence electrons. The minimum atomic E-state index is -0.668. The van der Waals surface area contributed by atoms with Crippen molar-refractivity contribution < 1.29 is 19.1 Å². The van der Waals surface area contributed by atoms with Crippen LogP contribution in [0.4, 0.5) is 5.69 Å². The van der Waals surface area contributed by atoms with Crippen molar-refractivity contribution in [1.82, 2.24) is 0 Å². The molecule has 0 saturated carbocycles. The summed E-state index contributed by atoms with van der Waals surface area (Å²) in [6, 6.07) is 14.7. The normalized spacial score (nSPS) is 12.8. The van der Waals surface area contributed by atoms with Crippen LogP contribution in [0, 0.1) is 0 Å². The Balaban J connectivity index is 1.61. The molecule has 0 unspecified atom stereocenters. The number of nitrogens with one attached hydrogen (secondary N) is 1. The molecule has 0 saturated heterocycles. The largest absolute Gasteiger partial charge is 0.494 e. The third-order valence-electron chi connectivity index (χ3n) is 4.25. The van der Waals surface area contributed by atoms with Crippen LogP contribution in [0.25, 0.3) is 0 Å². The van der Waals surface area contributed by atoms with Crippen LogP contribution in [0.3, 0.4) is 0 Å². The summed E-state index contributed by atoms with van der Waals surface area (Å²) in [6.45, 7) is 4.25. The lowest BCUT2D eigenvalue weighted by molar-refractivity contribution is -0.137. The molecular weight excluding hydrogens is 374 g/mol. The SMILES string of the molecule is CCOc1ccc(CC(=O)C(=O)CC(=O)C2=C(C)Nc3ccccc3S2)cc1. The predicted molar refractivity (Wildman–Crippen MR) is 110 cm³/mol. The molecule has 2 aromatic rings. The van der Waals surface area contributed by atoms with Gasteiger partial charge < -0.3 is 10.1 Å². The molecule has 0 bridgehead atoms. The van der Waals surface area contributed by atoms with E-state index in [1.165, 1.54) is 11.8 Å². The maximum absolute atomic E-state index is 12.6. The van der Waals surface area contributed by atoms with Crippen LogP contribution in [-0.2, 0) is 20.8 Å². The number of thioether (sulfide) groups is 1. The van der Waals surface area contributed by atoms with Gasteiger partial charge in [0.15, 0.2) is 5.78 Å². The lowest BCUT2D eigenvalue weighted by atomic mass is 10.0. The summed E-state index contributed by atoms with van der Waals surface area (Å²) in [5.74, 6) is -0.858. The van der Waals surface area contributed by atoms with Crippen molar-refractivity contribution in [2.45, 2.75) is 31.6 Å². The first-order chi connectivity index (χ1) is 13.5. The van der Waals surface area contributed by atoms with Gasteiger partial charge in [-0.3, -0.25) is 14.4 Å². The first-order valence-electron chi connectivity index (χ1n) is 9.03. The van der Waals surface area contributed by atoms with E-state index >= 15 is 0 Å². The fourth-order valence-electron chi connectivity index (χ4n) is 2.85. The quantitative estimate of drug-likeness (QED) is 0.534. The summed E-state index contributed by atoms with van der Waals surface area (Å²) in [4.78, 5) is 38.5. The lowest BCUT2D eigenvalue weighted by Crippen LogP contribution is -2.22. The van der Waals surface area contributed by atoms with Crippen molar-refractivity contribution in [3.05, 3.63) is 64.7 Å². The van der Waals surface area contributed by atoms with E-state index in [2.05, 4.69) is 5.32 Å². The van der Waals surface area contributed by atoms with Crippen molar-refractivity contribution in [2.75, 3.05) is 11.9 Å². The Kier molecular flexibility index (Phi) is 6.31. The minimum absolute atomic E-state index is 0.0230. The fraction of sp³-hybridized carbons (Fsp3) is 0.227. The van der Waals surface area contributed by atoms with Crippen LogP contribution in [-0.4, -0.2) is 24.0 Å². The zero-order valence-corrected chi connectivity index (χ0v) is 16.6.